The van der Waals surface area contributed by atoms with Gasteiger partial charge in [-0.25, -0.2) is 9.78 Å². The van der Waals surface area contributed by atoms with Crippen LogP contribution in [0.5, 0.6) is 0 Å². The minimum Gasteiger partial charge on any atom is -0.477 e. The Labute approximate surface area is 157 Å². The van der Waals surface area contributed by atoms with Crippen LogP contribution in [0.1, 0.15) is 27.9 Å². The average molecular weight is 389 g/mol. The van der Waals surface area contributed by atoms with E-state index in [1.807, 2.05) is 6.07 Å². The van der Waals surface area contributed by atoms with Gasteiger partial charge in [0.1, 0.15) is 9.88 Å². The Kier molecular flexibility index (Phi) is 4.38. The highest BCUT2D eigenvalue weighted by atomic mass is 32.1. The van der Waals surface area contributed by atoms with Gasteiger partial charge in [-0.05, 0) is 36.2 Å². The second kappa shape index (κ2) is 6.85. The van der Waals surface area contributed by atoms with E-state index in [9.17, 15) is 23.2 Å². The van der Waals surface area contributed by atoms with Gasteiger partial charge in [0.2, 0.25) is 0 Å². The van der Waals surface area contributed by atoms with E-state index in [1.165, 1.54) is 24.3 Å². The third-order valence-electron chi connectivity index (χ3n) is 3.80. The van der Waals surface area contributed by atoms with Crippen molar-refractivity contribution in [3.8, 4) is 27.8 Å². The number of aryl methyl sites for hydroxylation is 1. The highest BCUT2D eigenvalue weighted by molar-refractivity contribution is 7.17. The zero-order chi connectivity index (χ0) is 20.6. The number of thiazole rings is 1. The van der Waals surface area contributed by atoms with E-state index < -0.39 is 17.7 Å². The van der Waals surface area contributed by atoms with Crippen LogP contribution in [-0.4, -0.2) is 16.1 Å². The van der Waals surface area contributed by atoms with Crippen LogP contribution in [0.4, 0.5) is 13.2 Å². The lowest BCUT2D eigenvalue weighted by Crippen LogP contribution is -2.04. The summed E-state index contributed by atoms with van der Waals surface area (Å²) >= 11 is 0.927. The molecule has 0 aliphatic heterocycles. The third-order valence-corrected chi connectivity index (χ3v) is 4.99. The minimum atomic E-state index is -4.48. The molecule has 0 unspecified atom stereocenters. The number of nitriles is 1. The summed E-state index contributed by atoms with van der Waals surface area (Å²) in [5.74, 6) is -1.12. The molecule has 1 heterocycles. The molecule has 136 valence electrons. The van der Waals surface area contributed by atoms with Crippen LogP contribution in [0.2, 0.25) is 0 Å². The molecule has 3 aromatic rings. The summed E-state index contributed by atoms with van der Waals surface area (Å²) in [7, 11) is 0. The van der Waals surface area contributed by atoms with Gasteiger partial charge < -0.3 is 5.11 Å². The number of hydrogen-bond donors (Lipinski definition) is 1. The molecule has 27 heavy (non-hydrogen) atoms. The van der Waals surface area contributed by atoms with Crippen molar-refractivity contribution in [1.82, 2.24) is 4.98 Å². The molecule has 0 saturated carbocycles. The maximum atomic E-state index is 12.7. The number of hydrogen-bond acceptors (Lipinski definition) is 4. The van der Waals surface area contributed by atoms with Crippen molar-refractivity contribution in [2.24, 2.45) is 0 Å². The Morgan fingerprint density at radius 2 is 1.93 bits per heavy atom. The average Bonchev–Trinajstić information content (AvgIpc) is 3.02. The maximum absolute atomic E-state index is 12.7. The number of aromatic carboxylic acids is 1. The number of halogens is 3. The number of rotatable bonds is 3. The molecule has 0 amide bonds. The van der Waals surface area contributed by atoms with E-state index in [2.05, 4.69) is 4.98 Å². The van der Waals surface area contributed by atoms with Crippen LogP contribution in [-0.2, 0) is 6.18 Å². The Bertz CT molecular complexity index is 1120. The third kappa shape index (κ3) is 3.68. The largest absolute Gasteiger partial charge is 0.477 e. The van der Waals surface area contributed by atoms with Crippen LogP contribution in [0, 0.1) is 18.3 Å². The summed E-state index contributed by atoms with van der Waals surface area (Å²) in [5.41, 5.74) is 0.501. The van der Waals surface area contributed by atoms with Crippen LogP contribution in [0.25, 0.3) is 21.7 Å². The molecule has 0 atom stereocenters. The SMILES string of the molecule is [2H]c1cc(-c2nc(C)c(C(=O)O)s2)cc(C#N)c1-c1ccc(C(F)(F)F)cc1. The van der Waals surface area contributed by atoms with Crippen molar-refractivity contribution < 1.29 is 24.4 Å². The minimum absolute atomic E-state index is 0.0619. The number of carboxylic acid groups (broad SMARTS) is 1. The van der Waals surface area contributed by atoms with Gasteiger partial charge in [0.15, 0.2) is 0 Å². The van der Waals surface area contributed by atoms with Crippen molar-refractivity contribution in [1.29, 1.82) is 5.26 Å². The zero-order valence-electron chi connectivity index (χ0n) is 14.8. The van der Waals surface area contributed by atoms with Crippen molar-refractivity contribution in [3.05, 3.63) is 64.1 Å². The molecular formula is C19H11F3N2O2S. The first-order valence-corrected chi connectivity index (χ1v) is 8.37. The predicted octanol–water partition coefficient (Wildman–Crippen LogP) is 5.37. The molecule has 8 heteroatoms. The summed E-state index contributed by atoms with van der Waals surface area (Å²) in [4.78, 5) is 15.4. The summed E-state index contributed by atoms with van der Waals surface area (Å²) in [6.07, 6.45) is -4.48. The normalized spacial score (nSPS) is 11.7. The predicted molar refractivity (Wildman–Crippen MR) is 94.4 cm³/mol. The van der Waals surface area contributed by atoms with Crippen LogP contribution >= 0.6 is 11.3 Å². The molecular weight excluding hydrogens is 377 g/mol. The first-order chi connectivity index (χ1) is 13.1. The summed E-state index contributed by atoms with van der Waals surface area (Å²) < 4.78 is 46.5. The van der Waals surface area contributed by atoms with E-state index in [0.29, 0.717) is 21.8 Å². The van der Waals surface area contributed by atoms with Gasteiger partial charge >= 0.3 is 12.1 Å². The standard InChI is InChI=1S/C19H11F3N2O2S/c1-10-16(18(25)26)27-17(24-10)12-4-7-15(13(8-12)9-23)11-2-5-14(6-3-11)19(20,21)22/h2-8H,1H3,(H,25,26)/i7D. The maximum Gasteiger partial charge on any atom is 0.416 e. The van der Waals surface area contributed by atoms with E-state index in [1.54, 1.807) is 6.92 Å². The lowest BCUT2D eigenvalue weighted by molar-refractivity contribution is -0.137. The smallest absolute Gasteiger partial charge is 0.416 e. The molecule has 4 nitrogen and oxygen atoms in total. The highest BCUT2D eigenvalue weighted by Crippen LogP contribution is 2.34. The van der Waals surface area contributed by atoms with Crippen molar-refractivity contribution in [2.75, 3.05) is 0 Å². The lowest BCUT2D eigenvalue weighted by atomic mass is 9.97. The van der Waals surface area contributed by atoms with Crippen molar-refractivity contribution >= 4 is 17.3 Å². The Morgan fingerprint density at radius 3 is 2.44 bits per heavy atom. The molecule has 0 radical (unpaired) electrons. The van der Waals surface area contributed by atoms with Gasteiger partial charge in [-0.3, -0.25) is 0 Å². The first kappa shape index (κ1) is 17.2. The summed E-state index contributed by atoms with van der Waals surface area (Å²) in [6.45, 7) is 1.55. The molecule has 0 aliphatic rings. The molecule has 1 aromatic heterocycles. The molecule has 1 N–H and O–H groups in total. The topological polar surface area (TPSA) is 74.0 Å². The molecule has 2 aromatic carbocycles. The van der Waals surface area contributed by atoms with E-state index in [4.69, 9.17) is 6.48 Å². The van der Waals surface area contributed by atoms with E-state index in [0.717, 1.165) is 23.5 Å². The highest BCUT2D eigenvalue weighted by Gasteiger charge is 2.30. The Balaban J connectivity index is 2.10. The molecule has 0 fully saturated rings. The zero-order valence-corrected chi connectivity index (χ0v) is 14.6. The summed E-state index contributed by atoms with van der Waals surface area (Å²) in [5, 5.41) is 19.0. The van der Waals surface area contributed by atoms with Crippen LogP contribution in [0.15, 0.2) is 42.4 Å². The van der Waals surface area contributed by atoms with Crippen molar-refractivity contribution in [3.63, 3.8) is 0 Å². The number of aromatic nitrogens is 1. The fourth-order valence-corrected chi connectivity index (χ4v) is 3.38. The molecule has 0 bridgehead atoms. The Morgan fingerprint density at radius 1 is 1.26 bits per heavy atom. The van der Waals surface area contributed by atoms with Gasteiger partial charge in [0.05, 0.1) is 24.3 Å². The van der Waals surface area contributed by atoms with Gasteiger partial charge in [0.25, 0.3) is 0 Å². The Hall–Kier alpha value is -3.18. The molecule has 0 aliphatic carbocycles. The van der Waals surface area contributed by atoms with Crippen LogP contribution in [0.3, 0.4) is 0 Å². The fraction of sp³-hybridized carbons (Fsp3) is 0.105. The number of alkyl halides is 3. The monoisotopic (exact) mass is 389 g/mol. The second-order valence-electron chi connectivity index (χ2n) is 5.60. The molecule has 0 saturated heterocycles. The van der Waals surface area contributed by atoms with Gasteiger partial charge in [-0.15, -0.1) is 11.3 Å². The lowest BCUT2D eigenvalue weighted by Gasteiger charge is -2.09. The van der Waals surface area contributed by atoms with E-state index in [-0.39, 0.29) is 22.0 Å². The fourth-order valence-electron chi connectivity index (χ4n) is 2.49. The van der Waals surface area contributed by atoms with Gasteiger partial charge in [-0.1, -0.05) is 24.2 Å². The first-order valence-electron chi connectivity index (χ1n) is 8.05. The van der Waals surface area contributed by atoms with E-state index >= 15 is 0 Å². The quantitative estimate of drug-likeness (QED) is 0.653. The number of carbonyl (C=O) groups is 1. The number of nitrogens with zero attached hydrogens (tertiary/aromatic N) is 2. The number of carboxylic acids is 1. The van der Waals surface area contributed by atoms with Gasteiger partial charge in [-0.2, -0.15) is 18.4 Å². The van der Waals surface area contributed by atoms with Gasteiger partial charge in [0, 0.05) is 5.56 Å². The summed E-state index contributed by atoms with van der Waals surface area (Å²) in [6, 6.07) is 8.97. The molecule has 0 spiro atoms. The number of benzene rings is 2. The second-order valence-corrected chi connectivity index (χ2v) is 6.60. The molecule has 3 rings (SSSR count). The van der Waals surface area contributed by atoms with Crippen LogP contribution < -0.4 is 0 Å². The van der Waals surface area contributed by atoms with Crippen molar-refractivity contribution in [2.45, 2.75) is 13.1 Å².